The molecular formula is C34H35ClN6O6. The lowest BCUT2D eigenvalue weighted by atomic mass is 9.96. The van der Waals surface area contributed by atoms with Crippen molar-refractivity contribution in [2.75, 3.05) is 19.0 Å². The van der Waals surface area contributed by atoms with Crippen molar-refractivity contribution in [3.63, 3.8) is 0 Å². The highest BCUT2D eigenvalue weighted by Gasteiger charge is 2.36. The van der Waals surface area contributed by atoms with Gasteiger partial charge in [0.25, 0.3) is 11.5 Å². The van der Waals surface area contributed by atoms with Crippen LogP contribution in [-0.2, 0) is 25.3 Å². The third kappa shape index (κ3) is 5.95. The molecule has 1 unspecified atom stereocenters. The zero-order valence-corrected chi connectivity index (χ0v) is 27.1. The van der Waals surface area contributed by atoms with Crippen molar-refractivity contribution < 1.29 is 19.4 Å². The zero-order chi connectivity index (χ0) is 33.6. The average Bonchev–Trinajstić information content (AvgIpc) is 3.62. The van der Waals surface area contributed by atoms with Gasteiger partial charge in [0.05, 0.1) is 30.0 Å². The van der Waals surface area contributed by atoms with Crippen LogP contribution in [-0.4, -0.2) is 56.8 Å². The van der Waals surface area contributed by atoms with E-state index >= 15 is 0 Å². The summed E-state index contributed by atoms with van der Waals surface area (Å²) in [7, 11) is 4.34. The number of rotatable bonds is 8. The molecule has 12 nitrogen and oxygen atoms in total. The van der Waals surface area contributed by atoms with Crippen molar-refractivity contribution >= 4 is 29.1 Å². The number of nitrogens with one attached hydrogen (secondary N) is 3. The van der Waals surface area contributed by atoms with Crippen molar-refractivity contribution in [3.05, 3.63) is 96.8 Å². The standard InChI is InChI=1S/C34H35ClN6O6/c1-17-20(7-6-10-24(17)38-31(44)23-16-40(2)34(46)41(3)33(23)45)21-8-5-9-22(29(21)35)25-13-18-14-26(42)30(28(18)32(39-25)47-4)36-15-19-11-12-27(43)37-19/h5-10,13,16,19,26,30,36,42H,11-12,14-15H2,1-4H3,(H,37,43)(H,38,44)/t19-,26+,30?/m0/s1. The van der Waals surface area contributed by atoms with Crippen LogP contribution in [0.3, 0.4) is 0 Å². The molecule has 1 aliphatic heterocycles. The smallest absolute Gasteiger partial charge is 0.330 e. The van der Waals surface area contributed by atoms with E-state index in [1.54, 1.807) is 12.1 Å². The van der Waals surface area contributed by atoms with Crippen LogP contribution in [0.5, 0.6) is 5.88 Å². The summed E-state index contributed by atoms with van der Waals surface area (Å²) >= 11 is 7.07. The Hall–Kier alpha value is -4.78. The monoisotopic (exact) mass is 658 g/mol. The van der Waals surface area contributed by atoms with Crippen LogP contribution in [0.2, 0.25) is 5.02 Å². The number of fused-ring (bicyclic) bond motifs is 1. The Balaban J connectivity index is 1.31. The van der Waals surface area contributed by atoms with E-state index in [2.05, 4.69) is 16.0 Å². The van der Waals surface area contributed by atoms with Gasteiger partial charge in [0, 0.05) is 68.1 Å². The van der Waals surface area contributed by atoms with Gasteiger partial charge in [-0.05, 0) is 42.2 Å². The first-order chi connectivity index (χ1) is 22.5. The van der Waals surface area contributed by atoms with Crippen LogP contribution in [0.4, 0.5) is 5.69 Å². The Kier molecular flexibility index (Phi) is 8.75. The molecule has 1 aliphatic carbocycles. The molecule has 0 saturated carbocycles. The van der Waals surface area contributed by atoms with Crippen molar-refractivity contribution in [2.45, 2.75) is 44.4 Å². The van der Waals surface area contributed by atoms with Crippen LogP contribution >= 0.6 is 11.6 Å². The molecule has 6 rings (SSSR count). The number of hydrogen-bond donors (Lipinski definition) is 4. The number of pyridine rings is 1. The van der Waals surface area contributed by atoms with Gasteiger partial charge in [0.1, 0.15) is 5.56 Å². The molecule has 0 radical (unpaired) electrons. The van der Waals surface area contributed by atoms with Gasteiger partial charge >= 0.3 is 5.69 Å². The fourth-order valence-electron chi connectivity index (χ4n) is 6.40. The normalized spacial score (nSPS) is 18.6. The fraction of sp³-hybridized carbons (Fsp3) is 0.324. The van der Waals surface area contributed by atoms with E-state index in [0.29, 0.717) is 52.8 Å². The Labute approximate surface area is 275 Å². The van der Waals surface area contributed by atoms with E-state index < -0.39 is 29.3 Å². The van der Waals surface area contributed by atoms with Crippen LogP contribution < -0.4 is 31.9 Å². The number of carbonyl (C=O) groups excluding carboxylic acids is 2. The molecule has 0 spiro atoms. The van der Waals surface area contributed by atoms with Crippen LogP contribution in [0, 0.1) is 6.92 Å². The van der Waals surface area contributed by atoms with E-state index in [-0.39, 0.29) is 17.5 Å². The van der Waals surface area contributed by atoms with Crippen molar-refractivity contribution in [1.29, 1.82) is 0 Å². The second kappa shape index (κ2) is 12.8. The van der Waals surface area contributed by atoms with E-state index in [1.807, 2.05) is 37.3 Å². The molecule has 0 bridgehead atoms. The third-order valence-electron chi connectivity index (χ3n) is 8.93. The van der Waals surface area contributed by atoms with Crippen molar-refractivity contribution in [3.8, 4) is 28.3 Å². The molecule has 3 heterocycles. The molecule has 2 aromatic carbocycles. The molecule has 1 saturated heterocycles. The maximum atomic E-state index is 13.2. The molecule has 244 valence electrons. The Morgan fingerprint density at radius 2 is 1.85 bits per heavy atom. The van der Waals surface area contributed by atoms with Gasteiger partial charge in [0.15, 0.2) is 0 Å². The number of aromatic nitrogens is 3. The summed E-state index contributed by atoms with van der Waals surface area (Å²) in [5, 5.41) is 20.6. The number of methoxy groups -OCH3 is 1. The molecule has 4 aromatic rings. The Bertz CT molecular complexity index is 2040. The van der Waals surface area contributed by atoms with E-state index in [4.69, 9.17) is 21.3 Å². The number of amides is 2. The molecular weight excluding hydrogens is 624 g/mol. The van der Waals surface area contributed by atoms with E-state index in [9.17, 15) is 24.3 Å². The predicted octanol–water partition coefficient (Wildman–Crippen LogP) is 2.86. The van der Waals surface area contributed by atoms with Gasteiger partial charge < -0.3 is 30.4 Å². The summed E-state index contributed by atoms with van der Waals surface area (Å²) in [6.07, 6.45) is 2.17. The molecule has 1 fully saturated rings. The maximum Gasteiger partial charge on any atom is 0.330 e. The second-order valence-corrected chi connectivity index (χ2v) is 12.3. The third-order valence-corrected chi connectivity index (χ3v) is 9.34. The minimum Gasteiger partial charge on any atom is -0.481 e. The average molecular weight is 659 g/mol. The fourth-order valence-corrected chi connectivity index (χ4v) is 6.73. The van der Waals surface area contributed by atoms with Crippen molar-refractivity contribution in [2.24, 2.45) is 14.1 Å². The van der Waals surface area contributed by atoms with Crippen LogP contribution in [0.1, 0.15) is 45.9 Å². The summed E-state index contributed by atoms with van der Waals surface area (Å²) < 4.78 is 7.79. The molecule has 4 N–H and O–H groups in total. The zero-order valence-electron chi connectivity index (χ0n) is 26.4. The number of nitrogens with zero attached hydrogens (tertiary/aromatic N) is 3. The summed E-state index contributed by atoms with van der Waals surface area (Å²) in [4.78, 5) is 54.3. The number of halogens is 1. The first kappa shape index (κ1) is 32.2. The molecule has 47 heavy (non-hydrogen) atoms. The van der Waals surface area contributed by atoms with Gasteiger partial charge in [-0.2, -0.15) is 0 Å². The number of benzene rings is 2. The van der Waals surface area contributed by atoms with Gasteiger partial charge in [-0.25, -0.2) is 9.78 Å². The molecule has 2 aliphatic rings. The minimum atomic E-state index is -0.698. The number of anilines is 1. The van der Waals surface area contributed by atoms with Crippen LogP contribution in [0.25, 0.3) is 22.4 Å². The number of carbonyl (C=O) groups is 2. The molecule has 3 atom stereocenters. The lowest BCUT2D eigenvalue weighted by molar-refractivity contribution is -0.119. The maximum absolute atomic E-state index is 13.2. The largest absolute Gasteiger partial charge is 0.481 e. The molecule has 2 amide bonds. The highest BCUT2D eigenvalue weighted by Crippen LogP contribution is 2.43. The predicted molar refractivity (Wildman–Crippen MR) is 178 cm³/mol. The topological polar surface area (TPSA) is 157 Å². The summed E-state index contributed by atoms with van der Waals surface area (Å²) in [5.74, 6) is -0.222. The number of hydrogen-bond acceptors (Lipinski definition) is 8. The summed E-state index contributed by atoms with van der Waals surface area (Å²) in [6, 6.07) is 12.5. The van der Waals surface area contributed by atoms with E-state index in [1.165, 1.54) is 32.0 Å². The SMILES string of the molecule is COc1nc(-c2cccc(-c3cccc(NC(=O)c4cn(C)c(=O)n(C)c4=O)c3C)c2Cl)cc2c1C(NC[C@@H]1CCC(=O)N1)[C@H](O)C2. The lowest BCUT2D eigenvalue weighted by Gasteiger charge is -2.22. The Morgan fingerprint density at radius 1 is 1.13 bits per heavy atom. The quantitative estimate of drug-likeness (QED) is 0.225. The second-order valence-electron chi connectivity index (χ2n) is 11.9. The minimum absolute atomic E-state index is 0.00900. The first-order valence-electron chi connectivity index (χ1n) is 15.2. The highest BCUT2D eigenvalue weighted by atomic mass is 35.5. The summed E-state index contributed by atoms with van der Waals surface area (Å²) in [5.41, 5.74) is 4.19. The van der Waals surface area contributed by atoms with Gasteiger partial charge in [-0.15, -0.1) is 0 Å². The molecule has 2 aromatic heterocycles. The van der Waals surface area contributed by atoms with E-state index in [0.717, 1.165) is 33.2 Å². The highest BCUT2D eigenvalue weighted by molar-refractivity contribution is 6.36. The van der Waals surface area contributed by atoms with Crippen LogP contribution in [0.15, 0.2) is 58.3 Å². The Morgan fingerprint density at radius 3 is 2.57 bits per heavy atom. The van der Waals surface area contributed by atoms with Crippen molar-refractivity contribution in [1.82, 2.24) is 24.8 Å². The summed E-state index contributed by atoms with van der Waals surface area (Å²) in [6.45, 7) is 2.36. The number of aliphatic hydroxyl groups excluding tert-OH is 1. The first-order valence-corrected chi connectivity index (χ1v) is 15.6. The number of aliphatic hydroxyl groups is 1. The van der Waals surface area contributed by atoms with Gasteiger partial charge in [-0.1, -0.05) is 41.9 Å². The molecule has 13 heteroatoms. The van der Waals surface area contributed by atoms with Gasteiger partial charge in [-0.3, -0.25) is 19.0 Å². The number of ether oxygens (including phenoxy) is 1. The van der Waals surface area contributed by atoms with Gasteiger partial charge in [0.2, 0.25) is 11.8 Å². The lowest BCUT2D eigenvalue weighted by Crippen LogP contribution is -2.40. The number of aryl methyl sites for hydroxylation is 1.